The van der Waals surface area contributed by atoms with Crippen LogP contribution in [-0.4, -0.2) is 6.79 Å². The summed E-state index contributed by atoms with van der Waals surface area (Å²) in [6.45, 7) is 3.22. The highest BCUT2D eigenvalue weighted by atomic mass is 35.5. The van der Waals surface area contributed by atoms with E-state index in [-0.39, 0.29) is 0 Å². The van der Waals surface area contributed by atoms with Crippen molar-refractivity contribution in [2.75, 3.05) is 6.79 Å². The van der Waals surface area contributed by atoms with Crippen LogP contribution in [0.15, 0.2) is 42.5 Å². The largest absolute Gasteiger partial charge is 0.454 e. The van der Waals surface area contributed by atoms with Gasteiger partial charge in [0.1, 0.15) is 0 Å². The Labute approximate surface area is 129 Å². The lowest BCUT2D eigenvalue weighted by atomic mass is 10.0. The van der Waals surface area contributed by atoms with E-state index < -0.39 is 0 Å². The molecule has 3 rings (SSSR count). The van der Waals surface area contributed by atoms with Gasteiger partial charge in [0.15, 0.2) is 11.5 Å². The third kappa shape index (κ3) is 3.14. The summed E-state index contributed by atoms with van der Waals surface area (Å²) in [5, 5.41) is 4.34. The quantitative estimate of drug-likeness (QED) is 0.893. The number of benzene rings is 2. The third-order valence-corrected chi connectivity index (χ3v) is 3.95. The van der Waals surface area contributed by atoms with Crippen molar-refractivity contribution in [3.8, 4) is 11.5 Å². The van der Waals surface area contributed by atoms with Crippen molar-refractivity contribution < 1.29 is 9.47 Å². The van der Waals surface area contributed by atoms with Gasteiger partial charge in [0.2, 0.25) is 6.79 Å². The standard InChI is InChI=1S/C17H18ClNO2/c1-2-15(12-6-8-14(18)9-7-12)19-10-13-4-3-5-16-17(13)21-11-20-16/h3-9,15,19H,2,10-11H2,1H3. The predicted octanol–water partition coefficient (Wildman–Crippen LogP) is 4.31. The Morgan fingerprint density at radius 1 is 1.14 bits per heavy atom. The molecule has 0 aromatic heterocycles. The zero-order valence-corrected chi connectivity index (χ0v) is 12.7. The topological polar surface area (TPSA) is 30.5 Å². The molecular formula is C17H18ClNO2. The van der Waals surface area contributed by atoms with Crippen molar-refractivity contribution in [1.82, 2.24) is 5.32 Å². The summed E-state index contributed by atoms with van der Waals surface area (Å²) >= 11 is 5.95. The third-order valence-electron chi connectivity index (χ3n) is 3.70. The Bertz CT molecular complexity index is 613. The Hall–Kier alpha value is -1.71. The molecule has 0 aliphatic carbocycles. The molecule has 3 nitrogen and oxygen atoms in total. The van der Waals surface area contributed by atoms with Crippen LogP contribution in [0.3, 0.4) is 0 Å². The first-order valence-electron chi connectivity index (χ1n) is 7.14. The van der Waals surface area contributed by atoms with Crippen LogP contribution in [0.2, 0.25) is 5.02 Å². The van der Waals surface area contributed by atoms with Gasteiger partial charge < -0.3 is 14.8 Å². The maximum Gasteiger partial charge on any atom is 0.231 e. The summed E-state index contributed by atoms with van der Waals surface area (Å²) in [6, 6.07) is 14.3. The fourth-order valence-electron chi connectivity index (χ4n) is 2.56. The highest BCUT2D eigenvalue weighted by Crippen LogP contribution is 2.35. The fourth-order valence-corrected chi connectivity index (χ4v) is 2.68. The summed E-state index contributed by atoms with van der Waals surface area (Å²) in [6.07, 6.45) is 1.01. The second kappa shape index (κ2) is 6.37. The van der Waals surface area contributed by atoms with E-state index in [1.54, 1.807) is 0 Å². The minimum absolute atomic E-state index is 0.292. The van der Waals surface area contributed by atoms with Crippen molar-refractivity contribution in [1.29, 1.82) is 0 Å². The highest BCUT2D eigenvalue weighted by Gasteiger charge is 2.18. The monoisotopic (exact) mass is 303 g/mol. The lowest BCUT2D eigenvalue weighted by molar-refractivity contribution is 0.173. The number of rotatable bonds is 5. The molecule has 1 aliphatic heterocycles. The molecule has 2 aromatic carbocycles. The van der Waals surface area contributed by atoms with Crippen molar-refractivity contribution >= 4 is 11.6 Å². The van der Waals surface area contributed by atoms with Crippen molar-refractivity contribution in [3.63, 3.8) is 0 Å². The number of ether oxygens (including phenoxy) is 2. The molecule has 0 amide bonds. The van der Waals surface area contributed by atoms with Gasteiger partial charge in [-0.2, -0.15) is 0 Å². The van der Waals surface area contributed by atoms with Gasteiger partial charge in [-0.3, -0.25) is 0 Å². The van der Waals surface area contributed by atoms with E-state index in [4.69, 9.17) is 21.1 Å². The molecule has 1 atom stereocenters. The first-order chi connectivity index (χ1) is 10.3. The van der Waals surface area contributed by atoms with Crippen LogP contribution >= 0.6 is 11.6 Å². The molecule has 1 unspecified atom stereocenters. The number of halogens is 1. The van der Waals surface area contributed by atoms with Gasteiger partial charge in [0.05, 0.1) is 0 Å². The molecule has 0 bridgehead atoms. The SMILES string of the molecule is CCC(NCc1cccc2c1OCO2)c1ccc(Cl)cc1. The summed E-state index contributed by atoms with van der Waals surface area (Å²) in [5.41, 5.74) is 2.36. The van der Waals surface area contributed by atoms with Crippen LogP contribution in [-0.2, 0) is 6.54 Å². The average Bonchev–Trinajstić information content (AvgIpc) is 2.99. The van der Waals surface area contributed by atoms with Crippen molar-refractivity contribution in [2.45, 2.75) is 25.9 Å². The first-order valence-corrected chi connectivity index (χ1v) is 7.52. The van der Waals surface area contributed by atoms with E-state index >= 15 is 0 Å². The molecular weight excluding hydrogens is 286 g/mol. The van der Waals surface area contributed by atoms with E-state index in [1.807, 2.05) is 24.3 Å². The zero-order chi connectivity index (χ0) is 14.7. The molecule has 110 valence electrons. The minimum atomic E-state index is 0.292. The van der Waals surface area contributed by atoms with Crippen LogP contribution in [0, 0.1) is 0 Å². The number of nitrogens with one attached hydrogen (secondary N) is 1. The maximum atomic E-state index is 5.95. The van der Waals surface area contributed by atoms with Crippen molar-refractivity contribution in [2.24, 2.45) is 0 Å². The maximum absolute atomic E-state index is 5.95. The van der Waals surface area contributed by atoms with Gasteiger partial charge in [-0.05, 0) is 30.2 Å². The number of para-hydroxylation sites is 1. The number of fused-ring (bicyclic) bond motifs is 1. The van der Waals surface area contributed by atoms with Gasteiger partial charge in [0.25, 0.3) is 0 Å². The number of hydrogen-bond acceptors (Lipinski definition) is 3. The molecule has 2 aromatic rings. The Balaban J connectivity index is 1.71. The van der Waals surface area contributed by atoms with E-state index in [0.717, 1.165) is 35.1 Å². The Morgan fingerprint density at radius 2 is 1.95 bits per heavy atom. The molecule has 0 saturated carbocycles. The smallest absolute Gasteiger partial charge is 0.231 e. The van der Waals surface area contributed by atoms with Gasteiger partial charge in [0, 0.05) is 23.2 Å². The normalized spacial score (nSPS) is 14.2. The molecule has 1 aliphatic rings. The lowest BCUT2D eigenvalue weighted by Gasteiger charge is -2.18. The van der Waals surface area contributed by atoms with E-state index in [1.165, 1.54) is 5.56 Å². The van der Waals surface area contributed by atoms with Gasteiger partial charge in [-0.25, -0.2) is 0 Å². The van der Waals surface area contributed by atoms with Gasteiger partial charge >= 0.3 is 0 Å². The highest BCUT2D eigenvalue weighted by molar-refractivity contribution is 6.30. The van der Waals surface area contributed by atoms with Gasteiger partial charge in [-0.1, -0.05) is 42.8 Å². The summed E-state index contributed by atoms with van der Waals surface area (Å²) < 4.78 is 10.9. The second-order valence-corrected chi connectivity index (χ2v) is 5.48. The van der Waals surface area contributed by atoms with Crippen LogP contribution in [0.5, 0.6) is 11.5 Å². The summed E-state index contributed by atoms with van der Waals surface area (Å²) in [5.74, 6) is 1.69. The molecule has 1 heterocycles. The molecule has 21 heavy (non-hydrogen) atoms. The second-order valence-electron chi connectivity index (χ2n) is 5.04. The van der Waals surface area contributed by atoms with Crippen LogP contribution in [0.25, 0.3) is 0 Å². The lowest BCUT2D eigenvalue weighted by Crippen LogP contribution is -2.20. The van der Waals surface area contributed by atoms with E-state index in [9.17, 15) is 0 Å². The molecule has 0 fully saturated rings. The van der Waals surface area contributed by atoms with E-state index in [0.29, 0.717) is 12.8 Å². The molecule has 0 radical (unpaired) electrons. The minimum Gasteiger partial charge on any atom is -0.454 e. The van der Waals surface area contributed by atoms with Crippen molar-refractivity contribution in [3.05, 3.63) is 58.6 Å². The number of hydrogen-bond donors (Lipinski definition) is 1. The molecule has 1 N–H and O–H groups in total. The average molecular weight is 304 g/mol. The van der Waals surface area contributed by atoms with E-state index in [2.05, 4.69) is 30.4 Å². The van der Waals surface area contributed by atoms with Crippen LogP contribution < -0.4 is 14.8 Å². The fraction of sp³-hybridized carbons (Fsp3) is 0.294. The molecule has 4 heteroatoms. The summed E-state index contributed by atoms with van der Waals surface area (Å²) in [7, 11) is 0. The predicted molar refractivity (Wildman–Crippen MR) is 83.9 cm³/mol. The van der Waals surface area contributed by atoms with Crippen LogP contribution in [0.1, 0.15) is 30.5 Å². The first kappa shape index (κ1) is 14.2. The Morgan fingerprint density at radius 3 is 2.71 bits per heavy atom. The van der Waals surface area contributed by atoms with Gasteiger partial charge in [-0.15, -0.1) is 0 Å². The van der Waals surface area contributed by atoms with Crippen LogP contribution in [0.4, 0.5) is 0 Å². The zero-order valence-electron chi connectivity index (χ0n) is 11.9. The molecule has 0 spiro atoms. The molecule has 0 saturated heterocycles. The summed E-state index contributed by atoms with van der Waals surface area (Å²) in [4.78, 5) is 0. The Kier molecular flexibility index (Phi) is 4.32.